The zero-order chi connectivity index (χ0) is 8.04. The molecule has 64 valence electrons. The van der Waals surface area contributed by atoms with E-state index in [1.165, 1.54) is 0 Å². The summed E-state index contributed by atoms with van der Waals surface area (Å²) in [6.45, 7) is 4.06. The molecule has 1 atom stereocenters. The maximum absolute atomic E-state index is 10.8. The zero-order valence-corrected chi connectivity index (χ0v) is 11.1. The third kappa shape index (κ3) is 8.68. The Bertz CT molecular complexity index is 129. The molecule has 0 rings (SSSR count). The number of hydrogen-bond acceptors (Lipinski definition) is 2. The van der Waals surface area contributed by atoms with Gasteiger partial charge in [-0.1, -0.05) is 20.3 Å². The van der Waals surface area contributed by atoms with Crippen molar-refractivity contribution in [3.8, 4) is 0 Å². The molecule has 11 heavy (non-hydrogen) atoms. The monoisotopic (exact) mass is 230 g/mol. The Morgan fingerprint density at radius 2 is 2.00 bits per heavy atom. The van der Waals surface area contributed by atoms with Gasteiger partial charge in [0.05, 0.1) is 6.61 Å². The van der Waals surface area contributed by atoms with Gasteiger partial charge in [-0.2, -0.15) is 0 Å². The van der Waals surface area contributed by atoms with Crippen molar-refractivity contribution in [3.63, 3.8) is 0 Å². The molecule has 0 saturated heterocycles. The standard InChI is InChI=1S/C6H15O3P.Zn/c1-3-5-6-9-10(7,8)4-2;/h3-6H2,1-2H3,(H,7,8);. The summed E-state index contributed by atoms with van der Waals surface area (Å²) < 4.78 is 15.5. The van der Waals surface area contributed by atoms with Gasteiger partial charge in [-0.05, 0) is 6.42 Å². The Morgan fingerprint density at radius 1 is 1.45 bits per heavy atom. The van der Waals surface area contributed by atoms with E-state index in [0.29, 0.717) is 6.61 Å². The third-order valence-electron chi connectivity index (χ3n) is 1.19. The largest absolute Gasteiger partial charge is 0.327 e. The van der Waals surface area contributed by atoms with Crippen LogP contribution in [-0.4, -0.2) is 17.7 Å². The van der Waals surface area contributed by atoms with Gasteiger partial charge in [-0.25, -0.2) is 0 Å². The minimum atomic E-state index is -3.20. The van der Waals surface area contributed by atoms with Crippen LogP contribution in [0.3, 0.4) is 0 Å². The van der Waals surface area contributed by atoms with Crippen LogP contribution in [0.25, 0.3) is 0 Å². The second-order valence-electron chi connectivity index (χ2n) is 2.14. The van der Waals surface area contributed by atoms with Crippen LogP contribution in [0.2, 0.25) is 0 Å². The molecule has 0 heterocycles. The van der Waals surface area contributed by atoms with E-state index < -0.39 is 7.60 Å². The summed E-state index contributed by atoms with van der Waals surface area (Å²) in [7, 11) is -3.20. The molecule has 0 bridgehead atoms. The third-order valence-corrected chi connectivity index (χ3v) is 2.58. The van der Waals surface area contributed by atoms with Crippen molar-refractivity contribution in [2.75, 3.05) is 12.8 Å². The SMILES string of the molecule is CCCCOP(=O)(O)CC.[Zn]. The maximum atomic E-state index is 10.8. The first kappa shape index (κ1) is 14.3. The van der Waals surface area contributed by atoms with Gasteiger partial charge in [0.25, 0.3) is 0 Å². The minimum absolute atomic E-state index is 0. The van der Waals surface area contributed by atoms with Gasteiger partial charge < -0.3 is 9.42 Å². The van der Waals surface area contributed by atoms with E-state index in [4.69, 9.17) is 9.42 Å². The van der Waals surface area contributed by atoms with Crippen molar-refractivity contribution >= 4 is 7.60 Å². The van der Waals surface area contributed by atoms with Crippen molar-refractivity contribution in [2.45, 2.75) is 26.7 Å². The molecule has 0 saturated carbocycles. The number of hydrogen-bond donors (Lipinski definition) is 1. The molecule has 0 radical (unpaired) electrons. The number of rotatable bonds is 5. The molecule has 0 aliphatic rings. The summed E-state index contributed by atoms with van der Waals surface area (Å²) in [4.78, 5) is 8.88. The molecule has 3 nitrogen and oxygen atoms in total. The van der Waals surface area contributed by atoms with Gasteiger partial charge in [-0.3, -0.25) is 4.57 Å². The molecular weight excluding hydrogens is 216 g/mol. The van der Waals surface area contributed by atoms with Crippen LogP contribution in [-0.2, 0) is 28.6 Å². The van der Waals surface area contributed by atoms with Crippen LogP contribution in [0, 0.1) is 0 Å². The molecule has 0 amide bonds. The van der Waals surface area contributed by atoms with E-state index in [-0.39, 0.29) is 25.6 Å². The first-order valence-electron chi connectivity index (χ1n) is 3.58. The quantitative estimate of drug-likeness (QED) is 0.447. The first-order valence-corrected chi connectivity index (χ1v) is 5.35. The van der Waals surface area contributed by atoms with E-state index in [2.05, 4.69) is 0 Å². The molecule has 5 heteroatoms. The summed E-state index contributed by atoms with van der Waals surface area (Å²) in [5.41, 5.74) is 0. The fraction of sp³-hybridized carbons (Fsp3) is 1.00. The van der Waals surface area contributed by atoms with Crippen molar-refractivity contribution in [1.82, 2.24) is 0 Å². The second-order valence-corrected chi connectivity index (χ2v) is 4.31. The van der Waals surface area contributed by atoms with Gasteiger partial charge in [0.1, 0.15) is 0 Å². The topological polar surface area (TPSA) is 46.5 Å². The molecule has 1 N–H and O–H groups in total. The normalized spacial score (nSPS) is 15.2. The predicted molar refractivity (Wildman–Crippen MR) is 41.2 cm³/mol. The molecular formula is C6H15O3PZn. The predicted octanol–water partition coefficient (Wildman–Crippen LogP) is 2.01. The Kier molecular flexibility index (Phi) is 9.66. The first-order chi connectivity index (χ1) is 4.62. The fourth-order valence-electron chi connectivity index (χ4n) is 0.443. The molecule has 0 fully saturated rings. The van der Waals surface area contributed by atoms with Crippen LogP contribution in [0.4, 0.5) is 0 Å². The minimum Gasteiger partial charge on any atom is -0.324 e. The van der Waals surface area contributed by atoms with Gasteiger partial charge in [0.15, 0.2) is 0 Å². The number of unbranched alkanes of at least 4 members (excludes halogenated alkanes) is 1. The van der Waals surface area contributed by atoms with Gasteiger partial charge >= 0.3 is 7.60 Å². The van der Waals surface area contributed by atoms with Crippen LogP contribution in [0.1, 0.15) is 26.7 Å². The Morgan fingerprint density at radius 3 is 2.36 bits per heavy atom. The average molecular weight is 232 g/mol. The summed E-state index contributed by atoms with van der Waals surface area (Å²) >= 11 is 0. The molecule has 0 aliphatic carbocycles. The van der Waals surface area contributed by atoms with E-state index >= 15 is 0 Å². The summed E-state index contributed by atoms with van der Waals surface area (Å²) in [6.07, 6.45) is 2.05. The summed E-state index contributed by atoms with van der Waals surface area (Å²) in [5, 5.41) is 0. The molecule has 0 aromatic heterocycles. The summed E-state index contributed by atoms with van der Waals surface area (Å²) in [6, 6.07) is 0. The van der Waals surface area contributed by atoms with E-state index in [9.17, 15) is 4.57 Å². The van der Waals surface area contributed by atoms with Crippen molar-refractivity contribution in [2.24, 2.45) is 0 Å². The molecule has 0 spiro atoms. The van der Waals surface area contributed by atoms with E-state index in [0.717, 1.165) is 12.8 Å². The Labute approximate surface area is 80.8 Å². The van der Waals surface area contributed by atoms with Crippen LogP contribution < -0.4 is 0 Å². The van der Waals surface area contributed by atoms with Gasteiger partial charge in [-0.15, -0.1) is 0 Å². The van der Waals surface area contributed by atoms with Crippen LogP contribution >= 0.6 is 7.60 Å². The molecule has 0 aromatic carbocycles. The van der Waals surface area contributed by atoms with E-state index in [1.807, 2.05) is 6.92 Å². The molecule has 0 aromatic rings. The Hall–Kier alpha value is 0.773. The van der Waals surface area contributed by atoms with Gasteiger partial charge in [0.2, 0.25) is 0 Å². The Balaban J connectivity index is 0. The van der Waals surface area contributed by atoms with Crippen LogP contribution in [0.15, 0.2) is 0 Å². The fourth-order valence-corrected chi connectivity index (χ4v) is 1.04. The molecule has 1 unspecified atom stereocenters. The van der Waals surface area contributed by atoms with Crippen molar-refractivity contribution < 1.29 is 33.5 Å². The van der Waals surface area contributed by atoms with Crippen molar-refractivity contribution in [1.29, 1.82) is 0 Å². The zero-order valence-electron chi connectivity index (χ0n) is 7.25. The summed E-state index contributed by atoms with van der Waals surface area (Å²) in [5.74, 6) is 0. The maximum Gasteiger partial charge on any atom is 0.327 e. The average Bonchev–Trinajstić information content (AvgIpc) is 1.89. The van der Waals surface area contributed by atoms with Gasteiger partial charge in [0, 0.05) is 25.6 Å². The smallest absolute Gasteiger partial charge is 0.324 e. The van der Waals surface area contributed by atoms with E-state index in [1.54, 1.807) is 6.92 Å². The molecule has 0 aliphatic heterocycles. The van der Waals surface area contributed by atoms with Crippen LogP contribution in [0.5, 0.6) is 0 Å². The second kappa shape index (κ2) is 7.42. The van der Waals surface area contributed by atoms with Crippen molar-refractivity contribution in [3.05, 3.63) is 0 Å².